The van der Waals surface area contributed by atoms with Gasteiger partial charge in [-0.3, -0.25) is 4.79 Å². The number of rotatable bonds is 7. The van der Waals surface area contributed by atoms with E-state index in [-0.39, 0.29) is 17.1 Å². The molecule has 0 unspecified atom stereocenters. The third-order valence-corrected chi connectivity index (χ3v) is 9.74. The summed E-state index contributed by atoms with van der Waals surface area (Å²) in [7, 11) is 0. The predicted molar refractivity (Wildman–Crippen MR) is 169 cm³/mol. The van der Waals surface area contributed by atoms with Crippen LogP contribution in [0.3, 0.4) is 0 Å². The van der Waals surface area contributed by atoms with Gasteiger partial charge in [-0.1, -0.05) is 57.2 Å². The van der Waals surface area contributed by atoms with Crippen molar-refractivity contribution in [1.29, 1.82) is 0 Å². The maximum Gasteiger partial charge on any atom is 0.255 e. The number of carbonyl (C=O) groups excluding carboxylic acids is 1. The molecule has 0 aliphatic heterocycles. The molecule has 1 N–H and O–H groups in total. The first kappa shape index (κ1) is 28.2. The summed E-state index contributed by atoms with van der Waals surface area (Å²) in [6, 6.07) is 18.7. The van der Waals surface area contributed by atoms with E-state index in [9.17, 15) is 9.18 Å². The van der Waals surface area contributed by atoms with Crippen molar-refractivity contribution in [3.63, 3.8) is 0 Å². The Bertz CT molecular complexity index is 1770. The summed E-state index contributed by atoms with van der Waals surface area (Å²) >= 11 is 1.64. The molecule has 0 bridgehead atoms. The second-order valence-corrected chi connectivity index (χ2v) is 13.3. The van der Waals surface area contributed by atoms with E-state index in [4.69, 9.17) is 9.41 Å². The van der Waals surface area contributed by atoms with E-state index in [1.165, 1.54) is 10.9 Å². The average Bonchev–Trinajstić information content (AvgIpc) is 3.68. The molecule has 3 aromatic heterocycles. The predicted octanol–water partition coefficient (Wildman–Crippen LogP) is 8.62. The van der Waals surface area contributed by atoms with E-state index in [2.05, 4.69) is 42.8 Å². The summed E-state index contributed by atoms with van der Waals surface area (Å²) in [6.07, 6.45) is 6.38. The highest BCUT2D eigenvalue weighted by Crippen LogP contribution is 2.45. The highest BCUT2D eigenvalue weighted by molar-refractivity contribution is 7.16. The fourth-order valence-electron chi connectivity index (χ4n) is 6.05. The van der Waals surface area contributed by atoms with Crippen LogP contribution in [0.1, 0.15) is 70.6 Å². The molecule has 5 nitrogen and oxygen atoms in total. The topological polar surface area (TPSA) is 59.5 Å². The molecule has 7 heteroatoms. The first-order valence-corrected chi connectivity index (χ1v) is 15.3. The molecule has 0 radical (unpaired) electrons. The van der Waals surface area contributed by atoms with Crippen molar-refractivity contribution < 1.29 is 13.6 Å². The standard InChI is InChI=1S/C35H36FN3O2S/c1-22-28(26-12-6-8-14-30(26)39(22)21-23-10-5-7-13-29(23)36)20-38-34-32(33(40)37-19-25-11-9-17-41-25)27-16-15-24(35(2,3)4)18-31(27)42-34/h5-14,17,20,24H,15-16,18-19,21H2,1-4H3,(H,37,40)/t24-/m1/s1. The fourth-order valence-corrected chi connectivity index (χ4v) is 7.32. The number of thiophene rings is 1. The van der Waals surface area contributed by atoms with Crippen LogP contribution in [-0.2, 0) is 25.9 Å². The summed E-state index contributed by atoms with van der Waals surface area (Å²) < 4.78 is 22.2. The number of para-hydroxylation sites is 1. The van der Waals surface area contributed by atoms with Gasteiger partial charge in [0.25, 0.3) is 5.91 Å². The van der Waals surface area contributed by atoms with Crippen molar-refractivity contribution in [2.24, 2.45) is 16.3 Å². The lowest BCUT2D eigenvalue weighted by atomic mass is 9.72. The van der Waals surface area contributed by atoms with Gasteiger partial charge in [-0.15, -0.1) is 11.3 Å². The zero-order chi connectivity index (χ0) is 29.4. The Labute approximate surface area is 250 Å². The van der Waals surface area contributed by atoms with Crippen molar-refractivity contribution >= 4 is 39.4 Å². The van der Waals surface area contributed by atoms with Gasteiger partial charge in [0, 0.05) is 38.8 Å². The maximum atomic E-state index is 14.6. The van der Waals surface area contributed by atoms with Crippen LogP contribution >= 0.6 is 11.3 Å². The van der Waals surface area contributed by atoms with E-state index in [1.807, 2.05) is 49.5 Å². The molecule has 0 saturated heterocycles. The second kappa shape index (κ2) is 11.4. The van der Waals surface area contributed by atoms with Gasteiger partial charge < -0.3 is 14.3 Å². The van der Waals surface area contributed by atoms with Crippen LogP contribution in [0.2, 0.25) is 0 Å². The number of nitrogens with zero attached hydrogens (tertiary/aromatic N) is 2. The molecule has 0 fully saturated rings. The lowest BCUT2D eigenvalue weighted by molar-refractivity contribution is 0.0947. The van der Waals surface area contributed by atoms with Crippen molar-refractivity contribution in [1.82, 2.24) is 9.88 Å². The highest BCUT2D eigenvalue weighted by Gasteiger charge is 2.33. The van der Waals surface area contributed by atoms with Gasteiger partial charge in [0.1, 0.15) is 16.6 Å². The number of furan rings is 1. The van der Waals surface area contributed by atoms with Crippen LogP contribution < -0.4 is 5.32 Å². The monoisotopic (exact) mass is 581 g/mol. The van der Waals surface area contributed by atoms with E-state index in [0.717, 1.165) is 52.0 Å². The summed E-state index contributed by atoms with van der Waals surface area (Å²) in [5.41, 5.74) is 5.64. The Morgan fingerprint density at radius 2 is 1.93 bits per heavy atom. The van der Waals surface area contributed by atoms with Gasteiger partial charge in [0.05, 0.1) is 24.9 Å². The van der Waals surface area contributed by atoms with Crippen molar-refractivity contribution in [3.05, 3.63) is 111 Å². The molecule has 0 saturated carbocycles. The number of hydrogen-bond acceptors (Lipinski definition) is 4. The van der Waals surface area contributed by atoms with Crippen molar-refractivity contribution in [2.75, 3.05) is 0 Å². The Hall–Kier alpha value is -3.97. The number of fused-ring (bicyclic) bond motifs is 2. The summed E-state index contributed by atoms with van der Waals surface area (Å²) in [5, 5.41) is 4.84. The number of halogens is 1. The minimum Gasteiger partial charge on any atom is -0.467 e. The van der Waals surface area contributed by atoms with Crippen LogP contribution in [0.25, 0.3) is 10.9 Å². The number of nitrogens with one attached hydrogen (secondary N) is 1. The van der Waals surface area contributed by atoms with Gasteiger partial charge >= 0.3 is 0 Å². The Balaban J connectivity index is 1.39. The first-order valence-electron chi connectivity index (χ1n) is 14.5. The molecule has 3 heterocycles. The Morgan fingerprint density at radius 1 is 1.14 bits per heavy atom. The molecular formula is C35H36FN3O2S. The van der Waals surface area contributed by atoms with Crippen molar-refractivity contribution in [3.8, 4) is 0 Å². The normalized spacial score (nSPS) is 15.4. The molecule has 6 rings (SSSR count). The minimum atomic E-state index is -0.215. The van der Waals surface area contributed by atoms with E-state index in [0.29, 0.717) is 35.9 Å². The van der Waals surface area contributed by atoms with Crippen LogP contribution in [0.15, 0.2) is 76.3 Å². The zero-order valence-electron chi connectivity index (χ0n) is 24.5. The average molecular weight is 582 g/mol. The van der Waals surface area contributed by atoms with E-state index >= 15 is 0 Å². The maximum absolute atomic E-state index is 14.6. The van der Waals surface area contributed by atoms with Crippen LogP contribution in [-0.4, -0.2) is 16.7 Å². The molecule has 1 aliphatic carbocycles. The van der Waals surface area contributed by atoms with Crippen LogP contribution in [0.4, 0.5) is 9.39 Å². The SMILES string of the molecule is Cc1c(C=Nc2sc3c(c2C(=O)NCc2ccco2)CC[C@@H](C(C)(C)C)C3)c2ccccc2n1Cc1ccccc1F. The lowest BCUT2D eigenvalue weighted by Crippen LogP contribution is -2.28. The largest absolute Gasteiger partial charge is 0.467 e. The van der Waals surface area contributed by atoms with Gasteiger partial charge in [-0.2, -0.15) is 0 Å². The second-order valence-electron chi connectivity index (χ2n) is 12.2. The van der Waals surface area contributed by atoms with E-state index in [1.54, 1.807) is 23.7 Å². The number of benzene rings is 2. The number of hydrogen-bond donors (Lipinski definition) is 1. The summed E-state index contributed by atoms with van der Waals surface area (Å²) in [4.78, 5) is 19.9. The molecule has 1 atom stereocenters. The number of carbonyl (C=O) groups is 1. The quantitative estimate of drug-likeness (QED) is 0.196. The fraction of sp³-hybridized carbons (Fsp3) is 0.314. The lowest BCUT2D eigenvalue weighted by Gasteiger charge is -2.33. The molecule has 0 spiro atoms. The van der Waals surface area contributed by atoms with Gasteiger partial charge in [-0.05, 0) is 67.3 Å². The molecule has 216 valence electrons. The van der Waals surface area contributed by atoms with Crippen LogP contribution in [0, 0.1) is 24.1 Å². The highest BCUT2D eigenvalue weighted by atomic mass is 32.1. The third-order valence-electron chi connectivity index (χ3n) is 8.58. The number of amides is 1. The molecule has 42 heavy (non-hydrogen) atoms. The molecule has 2 aromatic carbocycles. The molecule has 1 amide bonds. The Kier molecular flexibility index (Phi) is 7.62. The van der Waals surface area contributed by atoms with Crippen LogP contribution in [0.5, 0.6) is 0 Å². The van der Waals surface area contributed by atoms with E-state index < -0.39 is 0 Å². The Morgan fingerprint density at radius 3 is 2.69 bits per heavy atom. The molecular weight excluding hydrogens is 545 g/mol. The number of aromatic nitrogens is 1. The zero-order valence-corrected chi connectivity index (χ0v) is 25.4. The van der Waals surface area contributed by atoms with Gasteiger partial charge in [0.2, 0.25) is 0 Å². The summed E-state index contributed by atoms with van der Waals surface area (Å²) in [6.45, 7) is 9.69. The molecule has 5 aromatic rings. The van der Waals surface area contributed by atoms with Gasteiger partial charge in [-0.25, -0.2) is 9.38 Å². The molecule has 1 aliphatic rings. The summed E-state index contributed by atoms with van der Waals surface area (Å²) in [5.74, 6) is 0.929. The minimum absolute atomic E-state index is 0.121. The smallest absolute Gasteiger partial charge is 0.255 e. The first-order chi connectivity index (χ1) is 20.2. The van der Waals surface area contributed by atoms with Crippen molar-refractivity contribution in [2.45, 2.75) is 60.0 Å². The number of aliphatic imine (C=N–C) groups is 1. The van der Waals surface area contributed by atoms with Gasteiger partial charge in [0.15, 0.2) is 0 Å². The third kappa shape index (κ3) is 5.45.